The Hall–Kier alpha value is -1.65. The van der Waals surface area contributed by atoms with Crippen LogP contribution in [0.5, 0.6) is 0 Å². The van der Waals surface area contributed by atoms with Gasteiger partial charge in [0.1, 0.15) is 0 Å². The summed E-state index contributed by atoms with van der Waals surface area (Å²) in [6.45, 7) is 1.38. The van der Waals surface area contributed by atoms with E-state index in [9.17, 15) is 5.11 Å². The molecule has 0 radical (unpaired) electrons. The van der Waals surface area contributed by atoms with Gasteiger partial charge in [-0.05, 0) is 24.8 Å². The predicted octanol–water partition coefficient (Wildman–Crippen LogP) is 2.08. The topological polar surface area (TPSA) is 60.9 Å². The van der Waals surface area contributed by atoms with Crippen LogP contribution in [-0.2, 0) is 6.54 Å². The van der Waals surface area contributed by atoms with Crippen molar-refractivity contribution < 1.29 is 5.11 Å². The normalized spacial score (nSPS) is 17.1. The van der Waals surface area contributed by atoms with Crippen LogP contribution in [-0.4, -0.2) is 27.4 Å². The number of aromatic nitrogens is 2. The Morgan fingerprint density at radius 1 is 1.26 bits per heavy atom. The first-order valence-corrected chi connectivity index (χ1v) is 6.78. The summed E-state index contributed by atoms with van der Waals surface area (Å²) >= 11 is 0. The van der Waals surface area contributed by atoms with E-state index >= 15 is 0 Å². The van der Waals surface area contributed by atoms with E-state index in [1.165, 1.54) is 0 Å². The zero-order chi connectivity index (χ0) is 13.1. The number of aliphatic hydroxyl groups is 1. The van der Waals surface area contributed by atoms with Crippen molar-refractivity contribution >= 4 is 0 Å². The molecule has 4 nitrogen and oxygen atoms in total. The number of nitrogens with zero attached hydrogens (tertiary/aromatic N) is 1. The number of aromatic amines is 1. The van der Waals surface area contributed by atoms with Crippen LogP contribution in [0.1, 0.15) is 24.8 Å². The van der Waals surface area contributed by atoms with Gasteiger partial charge in [0.05, 0.1) is 17.5 Å². The largest absolute Gasteiger partial charge is 0.389 e. The minimum absolute atomic E-state index is 0.476. The van der Waals surface area contributed by atoms with Crippen molar-refractivity contribution in [3.63, 3.8) is 0 Å². The van der Waals surface area contributed by atoms with E-state index in [-0.39, 0.29) is 0 Å². The Labute approximate surface area is 112 Å². The highest BCUT2D eigenvalue weighted by atomic mass is 16.3. The molecule has 0 unspecified atom stereocenters. The first kappa shape index (κ1) is 12.4. The summed E-state index contributed by atoms with van der Waals surface area (Å²) in [7, 11) is 0. The first-order valence-electron chi connectivity index (χ1n) is 6.78. The van der Waals surface area contributed by atoms with Crippen LogP contribution >= 0.6 is 0 Å². The summed E-state index contributed by atoms with van der Waals surface area (Å²) in [5.41, 5.74) is 2.85. The van der Waals surface area contributed by atoms with Crippen LogP contribution in [0.3, 0.4) is 0 Å². The third kappa shape index (κ3) is 2.69. The van der Waals surface area contributed by atoms with E-state index in [2.05, 4.69) is 27.6 Å². The van der Waals surface area contributed by atoms with Gasteiger partial charge in [0.15, 0.2) is 0 Å². The molecule has 0 spiro atoms. The molecule has 3 N–H and O–H groups in total. The third-order valence-corrected chi connectivity index (χ3v) is 3.83. The van der Waals surface area contributed by atoms with E-state index in [4.69, 9.17) is 0 Å². The fourth-order valence-corrected chi connectivity index (χ4v) is 2.49. The first-order chi connectivity index (χ1) is 9.27. The van der Waals surface area contributed by atoms with Gasteiger partial charge in [0.2, 0.25) is 0 Å². The molecule has 1 heterocycles. The maximum absolute atomic E-state index is 10.0. The molecule has 0 aliphatic heterocycles. The lowest BCUT2D eigenvalue weighted by Gasteiger charge is -2.36. The van der Waals surface area contributed by atoms with E-state index < -0.39 is 5.60 Å². The number of hydrogen-bond donors (Lipinski definition) is 3. The average molecular weight is 257 g/mol. The zero-order valence-corrected chi connectivity index (χ0v) is 10.9. The van der Waals surface area contributed by atoms with Crippen molar-refractivity contribution in [2.24, 2.45) is 0 Å². The molecule has 0 bridgehead atoms. The Balaban J connectivity index is 1.64. The summed E-state index contributed by atoms with van der Waals surface area (Å²) in [6, 6.07) is 10.2. The van der Waals surface area contributed by atoms with Gasteiger partial charge < -0.3 is 10.4 Å². The summed E-state index contributed by atoms with van der Waals surface area (Å²) in [5, 5.41) is 20.5. The van der Waals surface area contributed by atoms with Gasteiger partial charge in [-0.2, -0.15) is 5.10 Å². The monoisotopic (exact) mass is 257 g/mol. The van der Waals surface area contributed by atoms with Gasteiger partial charge in [-0.25, -0.2) is 0 Å². The lowest BCUT2D eigenvalue weighted by molar-refractivity contribution is -0.0314. The highest BCUT2D eigenvalue weighted by Gasteiger charge is 2.33. The van der Waals surface area contributed by atoms with Gasteiger partial charge in [0.25, 0.3) is 0 Å². The van der Waals surface area contributed by atoms with Crippen molar-refractivity contribution in [1.29, 1.82) is 0 Å². The van der Waals surface area contributed by atoms with Gasteiger partial charge in [-0.1, -0.05) is 30.3 Å². The maximum atomic E-state index is 10.0. The van der Waals surface area contributed by atoms with Crippen molar-refractivity contribution in [2.75, 3.05) is 6.54 Å². The molecule has 0 amide bonds. The average Bonchev–Trinajstić information content (AvgIpc) is 2.86. The summed E-state index contributed by atoms with van der Waals surface area (Å²) in [5.74, 6) is 0. The number of rotatable bonds is 5. The molecule has 3 rings (SSSR count). The zero-order valence-electron chi connectivity index (χ0n) is 10.9. The molecular formula is C15H19N3O. The van der Waals surface area contributed by atoms with Crippen LogP contribution in [0, 0.1) is 0 Å². The van der Waals surface area contributed by atoms with Gasteiger partial charge in [-0.3, -0.25) is 5.10 Å². The van der Waals surface area contributed by atoms with Crippen LogP contribution in [0.2, 0.25) is 0 Å². The highest BCUT2D eigenvalue weighted by Crippen LogP contribution is 2.30. The molecule has 1 fully saturated rings. The van der Waals surface area contributed by atoms with Crippen LogP contribution in [0.15, 0.2) is 36.5 Å². The lowest BCUT2D eigenvalue weighted by Crippen LogP contribution is -2.45. The van der Waals surface area contributed by atoms with E-state index in [1.807, 2.05) is 24.4 Å². The second-order valence-corrected chi connectivity index (χ2v) is 5.32. The SMILES string of the molecule is OC1(CNCc2cn[nH]c2-c2ccccc2)CCC1. The summed E-state index contributed by atoms with van der Waals surface area (Å²) in [6.07, 6.45) is 4.81. The quantitative estimate of drug-likeness (QED) is 0.768. The van der Waals surface area contributed by atoms with E-state index in [1.54, 1.807) is 0 Å². The minimum atomic E-state index is -0.476. The second kappa shape index (κ2) is 5.15. The van der Waals surface area contributed by atoms with E-state index in [0.29, 0.717) is 6.54 Å². The smallest absolute Gasteiger partial charge is 0.0771 e. The van der Waals surface area contributed by atoms with Crippen molar-refractivity contribution in [3.8, 4) is 11.3 Å². The van der Waals surface area contributed by atoms with Crippen LogP contribution in [0.25, 0.3) is 11.3 Å². The number of benzene rings is 1. The van der Waals surface area contributed by atoms with Crippen molar-refractivity contribution in [3.05, 3.63) is 42.1 Å². The Morgan fingerprint density at radius 3 is 2.74 bits per heavy atom. The molecule has 1 aromatic carbocycles. The number of hydrogen-bond acceptors (Lipinski definition) is 3. The molecule has 1 aromatic heterocycles. The molecule has 0 saturated heterocycles. The van der Waals surface area contributed by atoms with Crippen molar-refractivity contribution in [2.45, 2.75) is 31.4 Å². The molecule has 1 saturated carbocycles. The molecule has 1 aliphatic carbocycles. The predicted molar refractivity (Wildman–Crippen MR) is 74.5 cm³/mol. The Kier molecular flexibility index (Phi) is 3.36. The minimum Gasteiger partial charge on any atom is -0.389 e. The van der Waals surface area contributed by atoms with Crippen LogP contribution in [0.4, 0.5) is 0 Å². The summed E-state index contributed by atoms with van der Waals surface area (Å²) in [4.78, 5) is 0. The number of nitrogens with one attached hydrogen (secondary N) is 2. The molecule has 2 aromatic rings. The second-order valence-electron chi connectivity index (χ2n) is 5.32. The molecule has 100 valence electrons. The van der Waals surface area contributed by atoms with Crippen molar-refractivity contribution in [1.82, 2.24) is 15.5 Å². The van der Waals surface area contributed by atoms with Gasteiger partial charge in [-0.15, -0.1) is 0 Å². The Bertz CT molecular complexity index is 531. The van der Waals surface area contributed by atoms with Crippen LogP contribution < -0.4 is 5.32 Å². The van der Waals surface area contributed by atoms with E-state index in [0.717, 1.165) is 42.6 Å². The maximum Gasteiger partial charge on any atom is 0.0771 e. The molecular weight excluding hydrogens is 238 g/mol. The molecule has 1 aliphatic rings. The lowest BCUT2D eigenvalue weighted by atomic mass is 9.80. The molecule has 19 heavy (non-hydrogen) atoms. The molecule has 0 atom stereocenters. The molecule has 4 heteroatoms. The fourth-order valence-electron chi connectivity index (χ4n) is 2.49. The third-order valence-electron chi connectivity index (χ3n) is 3.83. The Morgan fingerprint density at radius 2 is 2.05 bits per heavy atom. The van der Waals surface area contributed by atoms with Gasteiger partial charge >= 0.3 is 0 Å². The highest BCUT2D eigenvalue weighted by molar-refractivity contribution is 5.62. The fraction of sp³-hybridized carbons (Fsp3) is 0.400. The van der Waals surface area contributed by atoms with Gasteiger partial charge in [0, 0.05) is 18.7 Å². The standard InChI is InChI=1S/C15H19N3O/c19-15(7-4-8-15)11-16-9-13-10-17-18-14(13)12-5-2-1-3-6-12/h1-3,5-6,10,16,19H,4,7-9,11H2,(H,17,18). The number of H-pyrrole nitrogens is 1. The summed E-state index contributed by atoms with van der Waals surface area (Å²) < 4.78 is 0.